The molecule has 2 aromatic heterocycles. The molecule has 0 radical (unpaired) electrons. The number of piperidine rings is 1. The molecule has 0 bridgehead atoms. The smallest absolute Gasteiger partial charge is 0.123 e. The molecule has 1 atom stereocenters. The van der Waals surface area contributed by atoms with E-state index in [9.17, 15) is 5.11 Å². The van der Waals surface area contributed by atoms with Crippen molar-refractivity contribution in [3.05, 3.63) is 65.7 Å². The van der Waals surface area contributed by atoms with Crippen molar-refractivity contribution in [2.24, 2.45) is 0 Å². The van der Waals surface area contributed by atoms with E-state index < -0.39 is 5.60 Å². The highest BCUT2D eigenvalue weighted by Gasteiger charge is 2.37. The molecule has 0 amide bonds. The normalized spacial score (nSPS) is 20.7. The predicted octanol–water partition coefficient (Wildman–Crippen LogP) is 2.15. The Morgan fingerprint density at radius 1 is 1.12 bits per heavy atom. The Morgan fingerprint density at radius 3 is 2.73 bits per heavy atom. The van der Waals surface area contributed by atoms with Gasteiger partial charge in [0.1, 0.15) is 11.3 Å². The maximum atomic E-state index is 10.9. The maximum Gasteiger partial charge on any atom is 0.123 e. The lowest BCUT2D eigenvalue weighted by atomic mass is 9.90. The van der Waals surface area contributed by atoms with Gasteiger partial charge in [0.2, 0.25) is 0 Å². The van der Waals surface area contributed by atoms with Crippen LogP contribution in [0.5, 0.6) is 0 Å². The standard InChI is InChI=1S/C18H22N6O.HI/c25-18(17-10-19-22-21-17)7-4-8-23(14-18)11-16-9-20-24(13-16)12-15-5-2-1-3-6-15;/h1-3,5-6,9-10,13,25H,4,7-8,11-12,14H2,(H,19,21,22);1H. The van der Waals surface area contributed by atoms with E-state index >= 15 is 0 Å². The Kier molecular flexibility index (Phi) is 6.05. The Bertz CT molecular complexity index is 806. The zero-order chi connectivity index (χ0) is 17.1. The summed E-state index contributed by atoms with van der Waals surface area (Å²) >= 11 is 0. The second-order valence-corrected chi connectivity index (χ2v) is 6.73. The van der Waals surface area contributed by atoms with E-state index in [0.29, 0.717) is 18.7 Å². The van der Waals surface area contributed by atoms with Crippen LogP contribution in [0, 0.1) is 0 Å². The number of aromatic nitrogens is 5. The van der Waals surface area contributed by atoms with Crippen LogP contribution in [0.15, 0.2) is 48.9 Å². The number of halogens is 1. The molecule has 2 N–H and O–H groups in total. The van der Waals surface area contributed by atoms with Gasteiger partial charge in [-0.25, -0.2) is 0 Å². The van der Waals surface area contributed by atoms with Crippen LogP contribution in [0.25, 0.3) is 0 Å². The number of nitrogens with zero attached hydrogens (tertiary/aromatic N) is 5. The Balaban J connectivity index is 0.00000196. The van der Waals surface area contributed by atoms with Crippen LogP contribution in [0.4, 0.5) is 0 Å². The summed E-state index contributed by atoms with van der Waals surface area (Å²) in [5.41, 5.74) is 2.08. The summed E-state index contributed by atoms with van der Waals surface area (Å²) < 4.78 is 1.96. The highest BCUT2D eigenvalue weighted by atomic mass is 127. The minimum atomic E-state index is -0.925. The van der Waals surface area contributed by atoms with E-state index in [1.165, 1.54) is 5.56 Å². The number of hydrogen-bond donors (Lipinski definition) is 2. The summed E-state index contributed by atoms with van der Waals surface area (Å²) in [6.07, 6.45) is 7.25. The van der Waals surface area contributed by atoms with E-state index in [4.69, 9.17) is 0 Å². The fourth-order valence-electron chi connectivity index (χ4n) is 3.50. The van der Waals surface area contributed by atoms with E-state index in [1.807, 2.05) is 29.1 Å². The molecule has 4 rings (SSSR count). The number of aromatic amines is 1. The number of β-amino-alcohol motifs (C(OH)–C–C–N with tert-alkyl or cyclic N) is 1. The van der Waals surface area contributed by atoms with Crippen molar-refractivity contribution in [2.45, 2.75) is 31.5 Å². The van der Waals surface area contributed by atoms with E-state index in [1.54, 1.807) is 6.20 Å². The number of hydrogen-bond acceptors (Lipinski definition) is 5. The summed E-state index contributed by atoms with van der Waals surface area (Å²) in [5.74, 6) is 0. The molecule has 7 nitrogen and oxygen atoms in total. The molecule has 3 aromatic rings. The van der Waals surface area contributed by atoms with Gasteiger partial charge in [0, 0.05) is 24.8 Å². The van der Waals surface area contributed by atoms with Crippen molar-refractivity contribution < 1.29 is 5.11 Å². The molecule has 0 spiro atoms. The lowest BCUT2D eigenvalue weighted by molar-refractivity contribution is -0.0414. The molecule has 1 aliphatic rings. The highest BCUT2D eigenvalue weighted by molar-refractivity contribution is 14.0. The van der Waals surface area contributed by atoms with Crippen molar-refractivity contribution in [3.8, 4) is 0 Å². The van der Waals surface area contributed by atoms with Crippen molar-refractivity contribution in [2.75, 3.05) is 13.1 Å². The van der Waals surface area contributed by atoms with Crippen LogP contribution in [-0.4, -0.2) is 48.3 Å². The van der Waals surface area contributed by atoms with Gasteiger partial charge in [0.15, 0.2) is 0 Å². The van der Waals surface area contributed by atoms with Gasteiger partial charge in [0.05, 0.1) is 18.9 Å². The number of H-pyrrole nitrogens is 1. The summed E-state index contributed by atoms with van der Waals surface area (Å²) in [6.45, 7) is 3.06. The molecule has 3 heterocycles. The monoisotopic (exact) mass is 466 g/mol. The van der Waals surface area contributed by atoms with Crippen LogP contribution in [-0.2, 0) is 18.7 Å². The first kappa shape index (κ1) is 19.0. The van der Waals surface area contributed by atoms with Crippen molar-refractivity contribution in [1.82, 2.24) is 30.1 Å². The summed E-state index contributed by atoms with van der Waals surface area (Å²) in [5, 5.41) is 25.9. The fourth-order valence-corrected chi connectivity index (χ4v) is 3.50. The van der Waals surface area contributed by atoms with E-state index in [-0.39, 0.29) is 24.0 Å². The van der Waals surface area contributed by atoms with Crippen LogP contribution in [0.2, 0.25) is 0 Å². The first-order chi connectivity index (χ1) is 12.2. The molecule has 1 aliphatic heterocycles. The summed E-state index contributed by atoms with van der Waals surface area (Å²) in [7, 11) is 0. The predicted molar refractivity (Wildman–Crippen MR) is 108 cm³/mol. The molecule has 1 saturated heterocycles. The molecule has 1 aromatic carbocycles. The van der Waals surface area contributed by atoms with Gasteiger partial charge in [0.25, 0.3) is 0 Å². The van der Waals surface area contributed by atoms with Gasteiger partial charge < -0.3 is 5.11 Å². The van der Waals surface area contributed by atoms with Crippen molar-refractivity contribution in [3.63, 3.8) is 0 Å². The lowest BCUT2D eigenvalue weighted by Crippen LogP contribution is -2.45. The molecule has 138 valence electrons. The highest BCUT2D eigenvalue weighted by Crippen LogP contribution is 2.30. The first-order valence-corrected chi connectivity index (χ1v) is 8.57. The molecular weight excluding hydrogens is 443 g/mol. The van der Waals surface area contributed by atoms with Crippen molar-refractivity contribution >= 4 is 24.0 Å². The second-order valence-electron chi connectivity index (χ2n) is 6.73. The third-order valence-corrected chi connectivity index (χ3v) is 4.72. The van der Waals surface area contributed by atoms with Gasteiger partial charge >= 0.3 is 0 Å². The third kappa shape index (κ3) is 4.30. The Labute approximate surface area is 169 Å². The average molecular weight is 466 g/mol. The minimum Gasteiger partial charge on any atom is -0.382 e. The third-order valence-electron chi connectivity index (χ3n) is 4.72. The molecule has 1 unspecified atom stereocenters. The van der Waals surface area contributed by atoms with E-state index in [0.717, 1.165) is 31.6 Å². The quantitative estimate of drug-likeness (QED) is 0.564. The SMILES string of the molecule is I.OC1(c2cn[nH]n2)CCCN(Cc2cnn(Cc3ccccc3)c2)C1. The largest absolute Gasteiger partial charge is 0.382 e. The number of aliphatic hydroxyl groups is 1. The first-order valence-electron chi connectivity index (χ1n) is 8.57. The van der Waals surface area contributed by atoms with Crippen LogP contribution >= 0.6 is 24.0 Å². The van der Waals surface area contributed by atoms with Crippen LogP contribution in [0.3, 0.4) is 0 Å². The number of nitrogens with one attached hydrogen (secondary N) is 1. The minimum absolute atomic E-state index is 0. The average Bonchev–Trinajstić information content (AvgIpc) is 3.29. The number of rotatable bonds is 5. The fraction of sp³-hybridized carbons (Fsp3) is 0.389. The van der Waals surface area contributed by atoms with Gasteiger partial charge in [-0.1, -0.05) is 30.3 Å². The topological polar surface area (TPSA) is 82.9 Å². The zero-order valence-corrected chi connectivity index (χ0v) is 16.8. The second kappa shape index (κ2) is 8.28. The van der Waals surface area contributed by atoms with Gasteiger partial charge in [-0.05, 0) is 24.9 Å². The summed E-state index contributed by atoms with van der Waals surface area (Å²) in [6, 6.07) is 10.3. The van der Waals surface area contributed by atoms with Gasteiger partial charge in [-0.3, -0.25) is 9.58 Å². The number of benzene rings is 1. The molecule has 0 saturated carbocycles. The van der Waals surface area contributed by atoms with Crippen LogP contribution < -0.4 is 0 Å². The Morgan fingerprint density at radius 2 is 1.96 bits per heavy atom. The summed E-state index contributed by atoms with van der Waals surface area (Å²) in [4.78, 5) is 2.25. The Hall–Kier alpha value is -1.78. The number of likely N-dealkylation sites (tertiary alicyclic amines) is 1. The lowest BCUT2D eigenvalue weighted by Gasteiger charge is -2.37. The van der Waals surface area contributed by atoms with Gasteiger partial charge in [-0.2, -0.15) is 20.5 Å². The van der Waals surface area contributed by atoms with Gasteiger partial charge in [-0.15, -0.1) is 24.0 Å². The van der Waals surface area contributed by atoms with E-state index in [2.05, 4.69) is 43.7 Å². The van der Waals surface area contributed by atoms with Crippen molar-refractivity contribution in [1.29, 1.82) is 0 Å². The molecule has 1 fully saturated rings. The maximum absolute atomic E-state index is 10.9. The molecule has 8 heteroatoms. The molecule has 26 heavy (non-hydrogen) atoms. The van der Waals surface area contributed by atoms with Crippen LogP contribution in [0.1, 0.15) is 29.7 Å². The zero-order valence-electron chi connectivity index (χ0n) is 14.5. The molecular formula is C18H23IN6O. The molecule has 0 aliphatic carbocycles.